The van der Waals surface area contributed by atoms with Crippen molar-refractivity contribution in [3.63, 3.8) is 0 Å². The molecule has 0 aromatic carbocycles. The van der Waals surface area contributed by atoms with Crippen LogP contribution in [0.3, 0.4) is 0 Å². The third-order valence-corrected chi connectivity index (χ3v) is 4.72. The fraction of sp³-hybridized carbons (Fsp3) is 0.692. The highest BCUT2D eigenvalue weighted by atomic mass is 35.5. The Kier molecular flexibility index (Phi) is 4.33. The fourth-order valence-electron chi connectivity index (χ4n) is 2.38. The minimum Gasteiger partial charge on any atom is -0.356 e. The van der Waals surface area contributed by atoms with Crippen molar-refractivity contribution >= 4 is 29.0 Å². The van der Waals surface area contributed by atoms with Gasteiger partial charge in [-0.1, -0.05) is 31.9 Å². The quantitative estimate of drug-likeness (QED) is 0.624. The Balaban J connectivity index is 2.17. The van der Waals surface area contributed by atoms with E-state index >= 15 is 0 Å². The number of halogens is 2. The number of anilines is 1. The average molecular weight is 288 g/mol. The predicted octanol–water partition coefficient (Wildman–Crippen LogP) is 3.89. The molecule has 0 spiro atoms. The molecule has 0 bridgehead atoms. The van der Waals surface area contributed by atoms with E-state index in [1.54, 1.807) is 0 Å². The Labute approximate surface area is 119 Å². The minimum atomic E-state index is 0.358. The Morgan fingerprint density at radius 3 is 2.56 bits per heavy atom. The standard InChI is InChI=1S/C13H19Cl2N3/c1-3-13(2)4-6-18(7-5-13)12-10(8-14)11(15)16-9-17-12/h9H,3-8H2,1-2H3. The average Bonchev–Trinajstić information content (AvgIpc) is 2.39. The lowest BCUT2D eigenvalue weighted by Crippen LogP contribution is -2.39. The lowest BCUT2D eigenvalue weighted by Gasteiger charge is -2.39. The molecule has 1 fully saturated rings. The van der Waals surface area contributed by atoms with Crippen LogP contribution in [-0.2, 0) is 5.88 Å². The van der Waals surface area contributed by atoms with Crippen LogP contribution in [0.15, 0.2) is 6.33 Å². The van der Waals surface area contributed by atoms with Crippen molar-refractivity contribution in [3.8, 4) is 0 Å². The smallest absolute Gasteiger partial charge is 0.138 e. The molecule has 0 saturated carbocycles. The molecule has 5 heteroatoms. The van der Waals surface area contributed by atoms with Crippen molar-refractivity contribution in [2.75, 3.05) is 18.0 Å². The monoisotopic (exact) mass is 287 g/mol. The van der Waals surface area contributed by atoms with E-state index < -0.39 is 0 Å². The second-order valence-corrected chi connectivity index (χ2v) is 5.88. The molecular formula is C13H19Cl2N3. The van der Waals surface area contributed by atoms with Crippen molar-refractivity contribution in [2.24, 2.45) is 5.41 Å². The van der Waals surface area contributed by atoms with Crippen molar-refractivity contribution in [2.45, 2.75) is 39.0 Å². The van der Waals surface area contributed by atoms with Gasteiger partial charge in [0.05, 0.1) is 5.88 Å². The maximum absolute atomic E-state index is 6.07. The minimum absolute atomic E-state index is 0.358. The highest BCUT2D eigenvalue weighted by Gasteiger charge is 2.29. The van der Waals surface area contributed by atoms with Crippen LogP contribution in [0.2, 0.25) is 5.15 Å². The Hall–Kier alpha value is -0.540. The highest BCUT2D eigenvalue weighted by Crippen LogP contribution is 2.36. The van der Waals surface area contributed by atoms with Crippen LogP contribution in [0.4, 0.5) is 5.82 Å². The van der Waals surface area contributed by atoms with E-state index in [1.165, 1.54) is 25.6 Å². The molecule has 1 aromatic heterocycles. The topological polar surface area (TPSA) is 29.0 Å². The van der Waals surface area contributed by atoms with Crippen LogP contribution >= 0.6 is 23.2 Å². The second kappa shape index (κ2) is 5.62. The first kappa shape index (κ1) is 13.9. The highest BCUT2D eigenvalue weighted by molar-refractivity contribution is 6.31. The summed E-state index contributed by atoms with van der Waals surface area (Å²) >= 11 is 12.0. The van der Waals surface area contributed by atoms with Crippen LogP contribution in [0.1, 0.15) is 38.7 Å². The van der Waals surface area contributed by atoms with Gasteiger partial charge >= 0.3 is 0 Å². The van der Waals surface area contributed by atoms with E-state index in [9.17, 15) is 0 Å². The van der Waals surface area contributed by atoms with Gasteiger partial charge in [0.25, 0.3) is 0 Å². The van der Waals surface area contributed by atoms with Gasteiger partial charge in [-0.15, -0.1) is 11.6 Å². The van der Waals surface area contributed by atoms with E-state index in [2.05, 4.69) is 28.7 Å². The van der Waals surface area contributed by atoms with Gasteiger partial charge in [-0.2, -0.15) is 0 Å². The predicted molar refractivity (Wildman–Crippen MR) is 76.4 cm³/mol. The molecule has 18 heavy (non-hydrogen) atoms. The van der Waals surface area contributed by atoms with Crippen molar-refractivity contribution in [1.29, 1.82) is 0 Å². The van der Waals surface area contributed by atoms with Crippen LogP contribution in [0.5, 0.6) is 0 Å². The van der Waals surface area contributed by atoms with Crippen molar-refractivity contribution < 1.29 is 0 Å². The molecular weight excluding hydrogens is 269 g/mol. The molecule has 100 valence electrons. The number of alkyl halides is 1. The summed E-state index contributed by atoms with van der Waals surface area (Å²) in [6.45, 7) is 6.66. The maximum atomic E-state index is 6.07. The molecule has 0 unspecified atom stereocenters. The Morgan fingerprint density at radius 1 is 1.33 bits per heavy atom. The van der Waals surface area contributed by atoms with Gasteiger partial charge in [-0.05, 0) is 18.3 Å². The van der Waals surface area contributed by atoms with Gasteiger partial charge in [0, 0.05) is 18.7 Å². The maximum Gasteiger partial charge on any atom is 0.138 e. The van der Waals surface area contributed by atoms with Crippen molar-refractivity contribution in [3.05, 3.63) is 17.0 Å². The summed E-state index contributed by atoms with van der Waals surface area (Å²) in [7, 11) is 0. The lowest BCUT2D eigenvalue weighted by molar-refractivity contribution is 0.237. The number of nitrogens with zero attached hydrogens (tertiary/aromatic N) is 3. The van der Waals surface area contributed by atoms with Crippen molar-refractivity contribution in [1.82, 2.24) is 9.97 Å². The number of piperidine rings is 1. The van der Waals surface area contributed by atoms with E-state index in [-0.39, 0.29) is 0 Å². The number of hydrogen-bond acceptors (Lipinski definition) is 3. The first-order valence-corrected chi connectivity index (χ1v) is 7.31. The molecule has 1 aliphatic rings. The summed E-state index contributed by atoms with van der Waals surface area (Å²) in [5, 5.41) is 0.471. The molecule has 1 aromatic rings. The molecule has 0 aliphatic carbocycles. The van der Waals surface area contributed by atoms with Gasteiger partial charge < -0.3 is 4.90 Å². The summed E-state index contributed by atoms with van der Waals surface area (Å²) in [5.74, 6) is 1.26. The van der Waals surface area contributed by atoms with E-state index in [1.807, 2.05) is 0 Å². The van der Waals surface area contributed by atoms with Crippen LogP contribution < -0.4 is 4.90 Å². The second-order valence-electron chi connectivity index (χ2n) is 5.25. The first-order chi connectivity index (χ1) is 8.59. The molecule has 1 aliphatic heterocycles. The van der Waals surface area contributed by atoms with Gasteiger partial charge in [0.1, 0.15) is 17.3 Å². The molecule has 0 amide bonds. The van der Waals surface area contributed by atoms with Gasteiger partial charge in [-0.25, -0.2) is 9.97 Å². The van der Waals surface area contributed by atoms with E-state index in [4.69, 9.17) is 23.2 Å². The summed E-state index contributed by atoms with van der Waals surface area (Å²) in [4.78, 5) is 10.6. The van der Waals surface area contributed by atoms with Crippen LogP contribution in [-0.4, -0.2) is 23.1 Å². The summed E-state index contributed by atoms with van der Waals surface area (Å²) < 4.78 is 0. The molecule has 2 heterocycles. The summed E-state index contributed by atoms with van der Waals surface area (Å²) in [6.07, 6.45) is 5.12. The zero-order valence-corrected chi connectivity index (χ0v) is 12.4. The van der Waals surface area contributed by atoms with Crippen LogP contribution in [0, 0.1) is 5.41 Å². The zero-order valence-electron chi connectivity index (χ0n) is 10.9. The lowest BCUT2D eigenvalue weighted by atomic mass is 9.78. The fourth-order valence-corrected chi connectivity index (χ4v) is 2.89. The van der Waals surface area contributed by atoms with Gasteiger partial charge in [0.15, 0.2) is 0 Å². The third kappa shape index (κ3) is 2.72. The number of aromatic nitrogens is 2. The molecule has 0 radical (unpaired) electrons. The molecule has 2 rings (SSSR count). The van der Waals surface area contributed by atoms with Gasteiger partial charge in [-0.3, -0.25) is 0 Å². The molecule has 3 nitrogen and oxygen atoms in total. The SMILES string of the molecule is CCC1(C)CCN(c2ncnc(Cl)c2CCl)CC1. The largest absolute Gasteiger partial charge is 0.356 e. The first-order valence-electron chi connectivity index (χ1n) is 6.40. The normalized spacial score (nSPS) is 19.0. The van der Waals surface area contributed by atoms with Gasteiger partial charge in [0.2, 0.25) is 0 Å². The van der Waals surface area contributed by atoms with Crippen LogP contribution in [0.25, 0.3) is 0 Å². The zero-order chi connectivity index (χ0) is 13.2. The van der Waals surface area contributed by atoms with E-state index in [0.717, 1.165) is 24.5 Å². The van der Waals surface area contributed by atoms with E-state index in [0.29, 0.717) is 16.4 Å². The Bertz CT molecular complexity index is 415. The number of rotatable bonds is 3. The Morgan fingerprint density at radius 2 is 2.00 bits per heavy atom. The molecule has 0 atom stereocenters. The number of hydrogen-bond donors (Lipinski definition) is 0. The summed E-state index contributed by atoms with van der Waals surface area (Å²) in [5.41, 5.74) is 1.31. The summed E-state index contributed by atoms with van der Waals surface area (Å²) in [6, 6.07) is 0. The molecule has 0 N–H and O–H groups in total. The third-order valence-electron chi connectivity index (χ3n) is 4.13. The molecule has 1 saturated heterocycles.